The first-order valence-corrected chi connectivity index (χ1v) is 9.38. The molecule has 0 bridgehead atoms. The largest absolute Gasteiger partial charge is 0.368 e. The molecule has 0 aliphatic heterocycles. The summed E-state index contributed by atoms with van der Waals surface area (Å²) >= 11 is 1.55. The summed E-state index contributed by atoms with van der Waals surface area (Å²) in [5.41, 5.74) is 9.37. The van der Waals surface area contributed by atoms with Gasteiger partial charge in [0.25, 0.3) is 0 Å². The quantitative estimate of drug-likeness (QED) is 0.396. The van der Waals surface area contributed by atoms with Crippen molar-refractivity contribution >= 4 is 49.8 Å². The molecule has 4 aromatic heterocycles. The van der Waals surface area contributed by atoms with Gasteiger partial charge in [-0.15, -0.1) is 11.3 Å². The van der Waals surface area contributed by atoms with E-state index in [9.17, 15) is 0 Å². The second-order valence-corrected chi connectivity index (χ2v) is 7.20. The molecule has 0 fully saturated rings. The zero-order chi connectivity index (χ0) is 18.9. The first kappa shape index (κ1) is 16.3. The van der Waals surface area contributed by atoms with Gasteiger partial charge in [0.15, 0.2) is 0 Å². The van der Waals surface area contributed by atoms with Crippen LogP contribution in [0.5, 0.6) is 0 Å². The number of benzene rings is 1. The predicted octanol–water partition coefficient (Wildman–Crippen LogP) is 4.29. The third-order valence-electron chi connectivity index (χ3n) is 4.27. The van der Waals surface area contributed by atoms with Gasteiger partial charge in [-0.2, -0.15) is 0 Å². The molecule has 0 aliphatic rings. The molecule has 0 unspecified atom stereocenters. The van der Waals surface area contributed by atoms with Crippen molar-refractivity contribution in [1.82, 2.24) is 19.9 Å². The molecule has 0 radical (unpaired) electrons. The van der Waals surface area contributed by atoms with Crippen LogP contribution < -0.4 is 11.1 Å². The Balaban J connectivity index is 1.48. The van der Waals surface area contributed by atoms with Crippen molar-refractivity contribution in [3.63, 3.8) is 0 Å². The summed E-state index contributed by atoms with van der Waals surface area (Å²) in [5.74, 6) is 6.46. The van der Waals surface area contributed by atoms with Gasteiger partial charge in [-0.3, -0.25) is 0 Å². The van der Waals surface area contributed by atoms with Crippen molar-refractivity contribution in [3.05, 3.63) is 71.6 Å². The maximum absolute atomic E-state index is 5.50. The fraction of sp³-hybridized carbons (Fsp3) is 0. The van der Waals surface area contributed by atoms with Crippen LogP contribution in [0.1, 0.15) is 10.4 Å². The lowest BCUT2D eigenvalue weighted by molar-refractivity contribution is 1.17. The summed E-state index contributed by atoms with van der Waals surface area (Å²) in [7, 11) is 0. The van der Waals surface area contributed by atoms with Gasteiger partial charge in [-0.05, 0) is 36.4 Å². The number of pyridine rings is 1. The molecule has 7 heteroatoms. The number of thiophene rings is 1. The highest BCUT2D eigenvalue weighted by atomic mass is 32.1. The number of rotatable bonds is 2. The van der Waals surface area contributed by atoms with Gasteiger partial charge in [0, 0.05) is 46.8 Å². The summed E-state index contributed by atoms with van der Waals surface area (Å²) in [5, 5.41) is 5.70. The second kappa shape index (κ2) is 6.68. The standard InChI is InChI=1S/C21H14N6S/c22-21-25-11-13(12-26-21)1-3-16-10-17-19(6-8-24-20(17)28-16)27-15-2-4-18-14(9-15)5-7-23-18/h2,4-12,23H,(H,24,27)(H2,22,25,26). The van der Waals surface area contributed by atoms with Gasteiger partial charge in [0.1, 0.15) is 4.83 Å². The van der Waals surface area contributed by atoms with E-state index in [1.54, 1.807) is 29.9 Å². The van der Waals surface area contributed by atoms with Gasteiger partial charge in [0.05, 0.1) is 16.1 Å². The van der Waals surface area contributed by atoms with E-state index in [0.717, 1.165) is 42.9 Å². The Morgan fingerprint density at radius 2 is 1.89 bits per heavy atom. The Labute approximate surface area is 164 Å². The molecule has 4 heterocycles. The average molecular weight is 382 g/mol. The number of anilines is 3. The van der Waals surface area contributed by atoms with Crippen LogP contribution in [-0.2, 0) is 0 Å². The Kier molecular flexibility index (Phi) is 3.89. The van der Waals surface area contributed by atoms with Gasteiger partial charge in [-0.1, -0.05) is 11.8 Å². The summed E-state index contributed by atoms with van der Waals surface area (Å²) in [6.45, 7) is 0. The lowest BCUT2D eigenvalue weighted by Gasteiger charge is -2.07. The first-order valence-electron chi connectivity index (χ1n) is 8.57. The van der Waals surface area contributed by atoms with E-state index in [-0.39, 0.29) is 5.95 Å². The number of hydrogen-bond acceptors (Lipinski definition) is 6. The number of nitrogens with one attached hydrogen (secondary N) is 2. The fourth-order valence-electron chi connectivity index (χ4n) is 2.93. The maximum atomic E-state index is 5.50. The van der Waals surface area contributed by atoms with Crippen molar-refractivity contribution in [3.8, 4) is 11.8 Å². The molecule has 28 heavy (non-hydrogen) atoms. The normalized spacial score (nSPS) is 10.7. The van der Waals surface area contributed by atoms with Crippen LogP contribution in [0.25, 0.3) is 21.1 Å². The minimum absolute atomic E-state index is 0.241. The van der Waals surface area contributed by atoms with Crippen molar-refractivity contribution in [2.75, 3.05) is 11.1 Å². The minimum Gasteiger partial charge on any atom is -0.368 e. The average Bonchev–Trinajstić information content (AvgIpc) is 3.34. The maximum Gasteiger partial charge on any atom is 0.219 e. The Hall–Kier alpha value is -3.89. The molecular formula is C21H14N6S. The van der Waals surface area contributed by atoms with Crippen molar-refractivity contribution in [1.29, 1.82) is 0 Å². The SMILES string of the molecule is Nc1ncc(C#Cc2cc3c(Nc4ccc5[nH]ccc5c4)ccnc3s2)cn1. The van der Waals surface area contributed by atoms with Crippen molar-refractivity contribution < 1.29 is 0 Å². The number of nitrogens with two attached hydrogens (primary N) is 1. The minimum atomic E-state index is 0.241. The Morgan fingerprint density at radius 1 is 1.00 bits per heavy atom. The molecular weight excluding hydrogens is 368 g/mol. The number of aromatic nitrogens is 4. The van der Waals surface area contributed by atoms with Crippen molar-refractivity contribution in [2.45, 2.75) is 0 Å². The topological polar surface area (TPSA) is 92.5 Å². The van der Waals surface area contributed by atoms with E-state index in [4.69, 9.17) is 5.73 Å². The number of H-pyrrole nitrogens is 1. The summed E-state index contributed by atoms with van der Waals surface area (Å²) in [6.07, 6.45) is 6.98. The molecule has 0 spiro atoms. The molecule has 4 N–H and O–H groups in total. The van der Waals surface area contributed by atoms with Crippen LogP contribution in [-0.4, -0.2) is 19.9 Å². The zero-order valence-corrected chi connectivity index (χ0v) is 15.4. The molecule has 0 amide bonds. The number of fused-ring (bicyclic) bond motifs is 2. The van der Waals surface area contributed by atoms with Crippen LogP contribution >= 0.6 is 11.3 Å². The number of hydrogen-bond donors (Lipinski definition) is 3. The highest BCUT2D eigenvalue weighted by Gasteiger charge is 2.07. The molecule has 0 aliphatic carbocycles. The fourth-order valence-corrected chi connectivity index (χ4v) is 3.81. The van der Waals surface area contributed by atoms with Gasteiger partial charge < -0.3 is 16.0 Å². The second-order valence-electron chi connectivity index (χ2n) is 6.17. The zero-order valence-electron chi connectivity index (χ0n) is 14.6. The van der Waals surface area contributed by atoms with Crippen molar-refractivity contribution in [2.24, 2.45) is 0 Å². The predicted molar refractivity (Wildman–Crippen MR) is 114 cm³/mol. The number of nitrogens with zero attached hydrogens (tertiary/aromatic N) is 3. The lowest BCUT2D eigenvalue weighted by atomic mass is 10.2. The summed E-state index contributed by atoms with van der Waals surface area (Å²) in [6, 6.07) is 12.3. The van der Waals surface area contributed by atoms with E-state index < -0.39 is 0 Å². The first-order chi connectivity index (χ1) is 13.7. The third kappa shape index (κ3) is 3.13. The van der Waals surface area contributed by atoms with Crippen LogP contribution in [0.3, 0.4) is 0 Å². The molecule has 5 aromatic rings. The van der Waals surface area contributed by atoms with Gasteiger partial charge >= 0.3 is 0 Å². The van der Waals surface area contributed by atoms with Crippen LogP contribution in [0.2, 0.25) is 0 Å². The Bertz CT molecular complexity index is 1350. The molecule has 0 saturated carbocycles. The van der Waals surface area contributed by atoms with E-state index in [1.807, 2.05) is 12.3 Å². The number of nitrogen functional groups attached to an aromatic ring is 1. The lowest BCUT2D eigenvalue weighted by Crippen LogP contribution is -1.93. The Morgan fingerprint density at radius 3 is 2.79 bits per heavy atom. The number of aromatic amines is 1. The van der Waals surface area contributed by atoms with Gasteiger partial charge in [0.2, 0.25) is 5.95 Å². The smallest absolute Gasteiger partial charge is 0.219 e. The summed E-state index contributed by atoms with van der Waals surface area (Å²) < 4.78 is 0. The molecule has 6 nitrogen and oxygen atoms in total. The van der Waals surface area contributed by atoms with Crippen LogP contribution in [0.15, 0.2) is 61.2 Å². The highest BCUT2D eigenvalue weighted by molar-refractivity contribution is 7.19. The van der Waals surface area contributed by atoms with Crippen LogP contribution in [0, 0.1) is 11.8 Å². The molecule has 134 valence electrons. The molecule has 0 atom stereocenters. The summed E-state index contributed by atoms with van der Waals surface area (Å²) in [4.78, 5) is 17.5. The molecule has 5 rings (SSSR count). The molecule has 1 aromatic carbocycles. The monoisotopic (exact) mass is 382 g/mol. The van der Waals surface area contributed by atoms with Gasteiger partial charge in [-0.25, -0.2) is 15.0 Å². The molecule has 0 saturated heterocycles. The van der Waals surface area contributed by atoms with E-state index in [1.165, 1.54) is 0 Å². The van der Waals surface area contributed by atoms with E-state index in [2.05, 4.69) is 67.4 Å². The van der Waals surface area contributed by atoms with E-state index in [0.29, 0.717) is 0 Å². The van der Waals surface area contributed by atoms with Crippen LogP contribution in [0.4, 0.5) is 17.3 Å². The van der Waals surface area contributed by atoms with E-state index >= 15 is 0 Å². The highest BCUT2D eigenvalue weighted by Crippen LogP contribution is 2.31. The third-order valence-corrected chi connectivity index (χ3v) is 5.23.